The van der Waals surface area contributed by atoms with E-state index in [0.29, 0.717) is 5.56 Å². The second-order valence-corrected chi connectivity index (χ2v) is 5.70. The molecule has 0 amide bonds. The highest BCUT2D eigenvalue weighted by atomic mass is 35.5. The van der Waals surface area contributed by atoms with Gasteiger partial charge in [-0.1, -0.05) is 30.3 Å². The third-order valence-electron chi connectivity index (χ3n) is 1.93. The van der Waals surface area contributed by atoms with Gasteiger partial charge in [-0.25, -0.2) is 13.2 Å². The van der Waals surface area contributed by atoms with E-state index in [1.54, 1.807) is 24.3 Å². The quantitative estimate of drug-likeness (QED) is 0.791. The van der Waals surface area contributed by atoms with Gasteiger partial charge in [0, 0.05) is 17.9 Å². The standard InChI is InChI=1S/C11H11ClO4S/c1-17(14,15)10(8-16-11(12)13)7-9-5-3-2-4-6-9/h2-7H,8H2,1H3/b10-7+. The molecule has 0 aliphatic rings. The van der Waals surface area contributed by atoms with Crippen molar-refractivity contribution in [2.75, 3.05) is 12.9 Å². The monoisotopic (exact) mass is 274 g/mol. The van der Waals surface area contributed by atoms with Crippen LogP contribution in [0.1, 0.15) is 5.56 Å². The second-order valence-electron chi connectivity index (χ2n) is 3.32. The Morgan fingerprint density at radius 1 is 1.35 bits per heavy atom. The molecule has 0 aliphatic heterocycles. The van der Waals surface area contributed by atoms with Crippen molar-refractivity contribution >= 4 is 32.9 Å². The van der Waals surface area contributed by atoms with Crippen molar-refractivity contribution in [1.82, 2.24) is 0 Å². The lowest BCUT2D eigenvalue weighted by atomic mass is 10.2. The number of halogens is 1. The van der Waals surface area contributed by atoms with Crippen LogP contribution in [0, 0.1) is 0 Å². The predicted molar refractivity (Wildman–Crippen MR) is 66.5 cm³/mol. The summed E-state index contributed by atoms with van der Waals surface area (Å²) in [5, 5.41) is 0. The average molecular weight is 275 g/mol. The van der Waals surface area contributed by atoms with Crippen molar-refractivity contribution in [1.29, 1.82) is 0 Å². The Balaban J connectivity index is 2.99. The number of carbonyl (C=O) groups is 1. The van der Waals surface area contributed by atoms with Gasteiger partial charge in [0.15, 0.2) is 9.84 Å². The molecular weight excluding hydrogens is 264 g/mol. The van der Waals surface area contributed by atoms with Crippen molar-refractivity contribution in [3.8, 4) is 0 Å². The summed E-state index contributed by atoms with van der Waals surface area (Å²) < 4.78 is 27.4. The Morgan fingerprint density at radius 3 is 2.41 bits per heavy atom. The first-order valence-corrected chi connectivity index (χ1v) is 6.94. The summed E-state index contributed by atoms with van der Waals surface area (Å²) in [7, 11) is -3.43. The van der Waals surface area contributed by atoms with Gasteiger partial charge in [-0.2, -0.15) is 0 Å². The van der Waals surface area contributed by atoms with Crippen molar-refractivity contribution < 1.29 is 17.9 Å². The fourth-order valence-electron chi connectivity index (χ4n) is 1.12. The third-order valence-corrected chi connectivity index (χ3v) is 3.23. The van der Waals surface area contributed by atoms with Crippen LogP contribution in [0.3, 0.4) is 0 Å². The minimum atomic E-state index is -3.43. The lowest BCUT2D eigenvalue weighted by Gasteiger charge is -2.05. The van der Waals surface area contributed by atoms with Crippen LogP contribution < -0.4 is 0 Å². The van der Waals surface area contributed by atoms with Crippen molar-refractivity contribution in [2.45, 2.75) is 0 Å². The Hall–Kier alpha value is -1.33. The molecule has 0 atom stereocenters. The molecule has 0 saturated carbocycles. The summed E-state index contributed by atoms with van der Waals surface area (Å²) in [4.78, 5) is 10.4. The largest absolute Gasteiger partial charge is 0.448 e. The summed E-state index contributed by atoms with van der Waals surface area (Å²) in [6, 6.07) is 8.86. The minimum absolute atomic E-state index is 0.00213. The molecule has 0 heterocycles. The van der Waals surface area contributed by atoms with Gasteiger partial charge in [-0.3, -0.25) is 0 Å². The summed E-state index contributed by atoms with van der Waals surface area (Å²) in [5.41, 5.74) is -0.328. The molecule has 1 aromatic carbocycles. The van der Waals surface area contributed by atoms with E-state index in [1.807, 2.05) is 6.07 Å². The van der Waals surface area contributed by atoms with Crippen molar-refractivity contribution in [3.63, 3.8) is 0 Å². The second kappa shape index (κ2) is 5.84. The van der Waals surface area contributed by atoms with E-state index in [-0.39, 0.29) is 11.5 Å². The fourth-order valence-corrected chi connectivity index (χ4v) is 1.80. The molecule has 0 saturated heterocycles. The highest BCUT2D eigenvalue weighted by Crippen LogP contribution is 2.12. The molecule has 0 aromatic heterocycles. The van der Waals surface area contributed by atoms with Crippen molar-refractivity contribution in [2.24, 2.45) is 0 Å². The Labute approximate surface area is 105 Å². The smallest absolute Gasteiger partial charge is 0.404 e. The summed E-state index contributed by atoms with van der Waals surface area (Å²) in [5.74, 6) is 0. The molecule has 1 rings (SSSR count). The minimum Gasteiger partial charge on any atom is -0.448 e. The molecule has 4 nitrogen and oxygen atoms in total. The van der Waals surface area contributed by atoms with E-state index in [4.69, 9.17) is 11.6 Å². The van der Waals surface area contributed by atoms with Crippen LogP contribution >= 0.6 is 11.6 Å². The molecule has 0 radical (unpaired) electrons. The number of carbonyl (C=O) groups excluding carboxylic acids is 1. The molecule has 0 bridgehead atoms. The number of rotatable bonds is 4. The topological polar surface area (TPSA) is 60.4 Å². The maximum absolute atomic E-state index is 11.4. The molecular formula is C11H11ClO4S. The molecule has 0 unspecified atom stereocenters. The van der Waals surface area contributed by atoms with Gasteiger partial charge >= 0.3 is 5.43 Å². The number of benzene rings is 1. The van der Waals surface area contributed by atoms with Crippen LogP contribution in [0.4, 0.5) is 4.79 Å². The first-order chi connectivity index (χ1) is 7.89. The fraction of sp³-hybridized carbons (Fsp3) is 0.182. The number of hydrogen-bond donors (Lipinski definition) is 0. The van der Waals surface area contributed by atoms with E-state index < -0.39 is 15.3 Å². The molecule has 0 fully saturated rings. The van der Waals surface area contributed by atoms with Crippen LogP contribution in [-0.4, -0.2) is 26.7 Å². The van der Waals surface area contributed by atoms with Crippen LogP contribution in [0.2, 0.25) is 0 Å². The Bertz CT molecular complexity index is 520. The normalized spacial score (nSPS) is 12.2. The lowest BCUT2D eigenvalue weighted by Crippen LogP contribution is -2.09. The summed E-state index contributed by atoms with van der Waals surface area (Å²) >= 11 is 4.99. The molecule has 0 aliphatic carbocycles. The van der Waals surface area contributed by atoms with Gasteiger partial charge in [0.25, 0.3) is 0 Å². The molecule has 0 spiro atoms. The van der Waals surface area contributed by atoms with Crippen LogP contribution in [0.15, 0.2) is 35.2 Å². The van der Waals surface area contributed by atoms with Gasteiger partial charge < -0.3 is 4.74 Å². The van der Waals surface area contributed by atoms with Crippen LogP contribution in [0.25, 0.3) is 6.08 Å². The molecule has 1 aromatic rings. The highest BCUT2D eigenvalue weighted by Gasteiger charge is 2.13. The van der Waals surface area contributed by atoms with Gasteiger partial charge in [-0.15, -0.1) is 0 Å². The van der Waals surface area contributed by atoms with Crippen LogP contribution in [0.5, 0.6) is 0 Å². The number of hydrogen-bond acceptors (Lipinski definition) is 4. The van der Waals surface area contributed by atoms with E-state index >= 15 is 0 Å². The first-order valence-electron chi connectivity index (χ1n) is 4.67. The Kier molecular flexibility index (Phi) is 4.72. The molecule has 17 heavy (non-hydrogen) atoms. The van der Waals surface area contributed by atoms with Gasteiger partial charge in [0.2, 0.25) is 0 Å². The van der Waals surface area contributed by atoms with Crippen LogP contribution in [-0.2, 0) is 14.6 Å². The third kappa shape index (κ3) is 5.01. The zero-order chi connectivity index (χ0) is 12.9. The maximum Gasteiger partial charge on any atom is 0.404 e. The molecule has 6 heteroatoms. The van der Waals surface area contributed by atoms with E-state index in [0.717, 1.165) is 6.26 Å². The number of sulfone groups is 1. The van der Waals surface area contributed by atoms with E-state index in [2.05, 4.69) is 4.74 Å². The SMILES string of the molecule is CS(=O)(=O)/C(=C/c1ccccc1)COC(=O)Cl. The van der Waals surface area contributed by atoms with E-state index in [1.165, 1.54) is 6.08 Å². The highest BCUT2D eigenvalue weighted by molar-refractivity contribution is 7.94. The summed E-state index contributed by atoms with van der Waals surface area (Å²) in [6.07, 6.45) is 2.49. The molecule has 0 N–H and O–H groups in total. The van der Waals surface area contributed by atoms with E-state index in [9.17, 15) is 13.2 Å². The zero-order valence-electron chi connectivity index (χ0n) is 9.09. The number of ether oxygens (including phenoxy) is 1. The van der Waals surface area contributed by atoms with Gasteiger partial charge in [0.05, 0.1) is 4.91 Å². The zero-order valence-corrected chi connectivity index (χ0v) is 10.7. The Morgan fingerprint density at radius 2 is 1.94 bits per heavy atom. The predicted octanol–water partition coefficient (Wildman–Crippen LogP) is 2.45. The lowest BCUT2D eigenvalue weighted by molar-refractivity contribution is 0.185. The maximum atomic E-state index is 11.4. The van der Waals surface area contributed by atoms with Gasteiger partial charge in [0.1, 0.15) is 6.61 Å². The summed E-state index contributed by atoms with van der Waals surface area (Å²) in [6.45, 7) is -0.365. The molecule has 92 valence electrons. The van der Waals surface area contributed by atoms with Gasteiger partial charge in [-0.05, 0) is 11.6 Å². The van der Waals surface area contributed by atoms with Crippen molar-refractivity contribution in [3.05, 3.63) is 40.8 Å². The average Bonchev–Trinajstić information content (AvgIpc) is 2.23. The first kappa shape index (κ1) is 13.7.